The molecule has 1 amide bonds. The molecule has 0 radical (unpaired) electrons. The van der Waals surface area contributed by atoms with Crippen molar-refractivity contribution in [3.63, 3.8) is 0 Å². The van der Waals surface area contributed by atoms with Crippen molar-refractivity contribution in [2.45, 2.75) is 49.8 Å². The molecule has 0 N–H and O–H groups in total. The molecule has 4 heterocycles. The number of aromatic nitrogens is 2. The number of benzene rings is 2. The first-order valence-electron chi connectivity index (χ1n) is 14.9. The molecule has 0 saturated carbocycles. The molecule has 0 bridgehead atoms. The Kier molecular flexibility index (Phi) is 8.64. The van der Waals surface area contributed by atoms with Crippen molar-refractivity contribution in [3.05, 3.63) is 64.1 Å². The summed E-state index contributed by atoms with van der Waals surface area (Å²) in [7, 11) is 2.44. The third kappa shape index (κ3) is 5.60. The number of ether oxygens (including phenoxy) is 3. The van der Waals surface area contributed by atoms with Gasteiger partial charge in [-0.25, -0.2) is 13.6 Å². The second-order valence-corrected chi connectivity index (χ2v) is 13.3. The number of piperazine rings is 1. The Labute approximate surface area is 271 Å². The van der Waals surface area contributed by atoms with Gasteiger partial charge < -0.3 is 24.0 Å². The normalized spacial score (nSPS) is 20.9. The first-order valence-corrected chi connectivity index (χ1v) is 15.9. The van der Waals surface area contributed by atoms with Crippen LogP contribution in [0.2, 0.25) is 0 Å². The molecule has 0 aliphatic carbocycles. The quantitative estimate of drug-likeness (QED) is 0.195. The van der Waals surface area contributed by atoms with E-state index in [-0.39, 0.29) is 77.7 Å². The predicted octanol–water partition coefficient (Wildman–Crippen LogP) is 5.39. The van der Waals surface area contributed by atoms with Gasteiger partial charge in [0, 0.05) is 90.1 Å². The van der Waals surface area contributed by atoms with Crippen LogP contribution in [0.3, 0.4) is 0 Å². The Morgan fingerprint density at radius 2 is 1.83 bits per heavy atom. The number of thioether (sulfide) groups is 1. The maximum atomic E-state index is 15.7. The van der Waals surface area contributed by atoms with E-state index in [1.54, 1.807) is 23.6 Å². The van der Waals surface area contributed by atoms with Crippen LogP contribution in [0.15, 0.2) is 40.5 Å². The summed E-state index contributed by atoms with van der Waals surface area (Å²) in [5.41, 5.74) is -3.60. The average molecular weight is 681 g/mol. The van der Waals surface area contributed by atoms with E-state index in [1.165, 1.54) is 24.9 Å². The number of methoxy groups -OCH3 is 2. The fraction of sp³-hybridized carbons (Fsp3) is 0.469. The Morgan fingerprint density at radius 1 is 1.13 bits per heavy atom. The Morgan fingerprint density at radius 3 is 2.43 bits per heavy atom. The summed E-state index contributed by atoms with van der Waals surface area (Å²) in [6, 6.07) is 1.56. The lowest BCUT2D eigenvalue weighted by Crippen LogP contribution is -2.58. The molecule has 1 spiro atoms. The molecule has 0 unspecified atom stereocenters. The van der Waals surface area contributed by atoms with Crippen molar-refractivity contribution in [2.75, 3.05) is 51.2 Å². The third-order valence-electron chi connectivity index (χ3n) is 9.09. The molecule has 15 heteroatoms. The topological polar surface area (TPSA) is 86.1 Å². The average Bonchev–Trinajstić information content (AvgIpc) is 3.20. The number of hydrogen-bond acceptors (Lipinski definition) is 8. The molecule has 47 heavy (non-hydrogen) atoms. The molecular weight excluding hydrogens is 647 g/mol. The Balaban J connectivity index is 1.68. The van der Waals surface area contributed by atoms with Crippen molar-refractivity contribution >= 4 is 34.4 Å². The number of alkyl halides is 3. The lowest BCUT2D eigenvalue weighted by molar-refractivity contribution is -0.137. The van der Waals surface area contributed by atoms with Gasteiger partial charge in [0.15, 0.2) is 6.29 Å². The summed E-state index contributed by atoms with van der Waals surface area (Å²) in [5, 5.41) is 0.0532. The molecule has 6 rings (SSSR count). The molecule has 3 aromatic rings. The molecule has 3 aliphatic rings. The minimum absolute atomic E-state index is 0.0170. The van der Waals surface area contributed by atoms with E-state index in [2.05, 4.69) is 11.6 Å². The molecule has 2 fully saturated rings. The van der Waals surface area contributed by atoms with E-state index in [4.69, 9.17) is 14.2 Å². The van der Waals surface area contributed by atoms with Crippen LogP contribution in [0.1, 0.15) is 31.3 Å². The third-order valence-corrected chi connectivity index (χ3v) is 10.5. The van der Waals surface area contributed by atoms with E-state index >= 15 is 17.6 Å². The first-order chi connectivity index (χ1) is 22.2. The number of nitrogens with zero attached hydrogens (tertiary/aromatic N) is 4. The summed E-state index contributed by atoms with van der Waals surface area (Å²) in [6.45, 7) is 8.21. The maximum absolute atomic E-state index is 15.7. The largest absolute Gasteiger partial charge is 0.417 e. The van der Waals surface area contributed by atoms with Crippen LogP contribution < -0.4 is 10.6 Å². The minimum Gasteiger partial charge on any atom is -0.380 e. The zero-order chi connectivity index (χ0) is 34.0. The monoisotopic (exact) mass is 680 g/mol. The summed E-state index contributed by atoms with van der Waals surface area (Å²) in [6.07, 6.45) is -5.12. The van der Waals surface area contributed by atoms with Gasteiger partial charge in [0.05, 0.1) is 24.3 Å². The molecule has 252 valence electrons. The van der Waals surface area contributed by atoms with E-state index < -0.39 is 57.9 Å². The highest BCUT2D eigenvalue weighted by Gasteiger charge is 2.45. The van der Waals surface area contributed by atoms with E-state index in [0.717, 1.165) is 23.9 Å². The van der Waals surface area contributed by atoms with Gasteiger partial charge in [-0.2, -0.15) is 18.2 Å². The van der Waals surface area contributed by atoms with Crippen LogP contribution in [0.5, 0.6) is 0 Å². The second-order valence-electron chi connectivity index (χ2n) is 12.3. The van der Waals surface area contributed by atoms with Crippen LogP contribution in [0.4, 0.5) is 27.8 Å². The molecule has 1 aromatic heterocycles. The van der Waals surface area contributed by atoms with Crippen LogP contribution in [0, 0.1) is 17.0 Å². The lowest BCUT2D eigenvalue weighted by atomic mass is 9.88. The number of hydrogen-bond donors (Lipinski definition) is 0. The van der Waals surface area contributed by atoms with Gasteiger partial charge >= 0.3 is 11.9 Å². The van der Waals surface area contributed by atoms with Gasteiger partial charge in [0.1, 0.15) is 17.5 Å². The van der Waals surface area contributed by atoms with Crippen molar-refractivity contribution < 1.29 is 41.0 Å². The van der Waals surface area contributed by atoms with E-state index in [9.17, 15) is 14.0 Å². The van der Waals surface area contributed by atoms with Crippen LogP contribution in [-0.4, -0.2) is 78.7 Å². The second kappa shape index (κ2) is 12.2. The Bertz CT molecular complexity index is 1820. The summed E-state index contributed by atoms with van der Waals surface area (Å²) in [5.74, 6) is -2.26. The number of halogens is 5. The smallest absolute Gasteiger partial charge is 0.380 e. The van der Waals surface area contributed by atoms with E-state index in [1.807, 2.05) is 0 Å². The van der Waals surface area contributed by atoms with Gasteiger partial charge in [-0.1, -0.05) is 6.58 Å². The predicted molar refractivity (Wildman–Crippen MR) is 165 cm³/mol. The SMILES string of the molecule is C=CC(=O)N1C[C@H](C)N(c2nc(=O)n3c4c(c(-c5cc(C(OC)OC)c(F)cc5F)c(C(F)(F)F)cc24)SCC2(COC2)C3)C[C@H]1C. The highest BCUT2D eigenvalue weighted by molar-refractivity contribution is 7.99. The van der Waals surface area contributed by atoms with Crippen molar-refractivity contribution in [1.82, 2.24) is 14.5 Å². The van der Waals surface area contributed by atoms with Crippen molar-refractivity contribution in [3.8, 4) is 11.1 Å². The standard InChI is InChI=1S/C32H33F5N4O5S/c1-6-24(42)39-10-17(3)40(11-16(39)2)28-20-8-21(32(35,36)37)25(18-7-19(29(44-4)45-5)23(34)9-22(18)33)27-26(20)41(30(43)38-28)12-31(15-47-27)13-46-14-31/h6-9,16-17,29H,1,10-15H2,2-5H3/t16-,17+/m1/s1. The number of carbonyl (C=O) groups excluding carboxylic acids is 1. The van der Waals surface area contributed by atoms with Crippen LogP contribution >= 0.6 is 11.8 Å². The van der Waals surface area contributed by atoms with Gasteiger partial charge in [-0.3, -0.25) is 9.36 Å². The highest BCUT2D eigenvalue weighted by Crippen LogP contribution is 2.52. The zero-order valence-electron chi connectivity index (χ0n) is 26.1. The van der Waals surface area contributed by atoms with Crippen LogP contribution in [0.25, 0.3) is 22.0 Å². The number of carbonyl (C=O) groups is 1. The first kappa shape index (κ1) is 33.4. The van der Waals surface area contributed by atoms with Gasteiger partial charge in [0.2, 0.25) is 5.91 Å². The highest BCUT2D eigenvalue weighted by atomic mass is 32.2. The lowest BCUT2D eigenvalue weighted by Gasteiger charge is -2.44. The summed E-state index contributed by atoms with van der Waals surface area (Å²) < 4.78 is 93.4. The number of amides is 1. The fourth-order valence-corrected chi connectivity index (χ4v) is 8.13. The molecule has 2 saturated heterocycles. The van der Waals surface area contributed by atoms with Crippen molar-refractivity contribution in [2.24, 2.45) is 5.41 Å². The van der Waals surface area contributed by atoms with Crippen molar-refractivity contribution in [1.29, 1.82) is 0 Å². The number of anilines is 1. The molecule has 9 nitrogen and oxygen atoms in total. The molecular formula is C32H33F5N4O5S. The minimum atomic E-state index is -5.00. The number of rotatable bonds is 6. The van der Waals surface area contributed by atoms with Gasteiger partial charge in [-0.05, 0) is 32.1 Å². The molecule has 3 aliphatic heterocycles. The zero-order valence-corrected chi connectivity index (χ0v) is 26.9. The van der Waals surface area contributed by atoms with E-state index in [0.29, 0.717) is 6.07 Å². The molecule has 2 atom stereocenters. The summed E-state index contributed by atoms with van der Waals surface area (Å²) in [4.78, 5) is 34.1. The fourth-order valence-electron chi connectivity index (χ4n) is 6.70. The van der Waals surface area contributed by atoms with Gasteiger partial charge in [0.25, 0.3) is 0 Å². The van der Waals surface area contributed by atoms with Crippen LogP contribution in [-0.2, 0) is 31.7 Å². The molecule has 2 aromatic carbocycles. The maximum Gasteiger partial charge on any atom is 0.417 e. The summed E-state index contributed by atoms with van der Waals surface area (Å²) >= 11 is 1.07. The Hall–Kier alpha value is -3.53. The van der Waals surface area contributed by atoms with Gasteiger partial charge in [-0.15, -0.1) is 11.8 Å².